The van der Waals surface area contributed by atoms with Gasteiger partial charge >= 0.3 is 0 Å². The monoisotopic (exact) mass is 507 g/mol. The first-order valence-electron chi connectivity index (χ1n) is 13.8. The Morgan fingerprint density at radius 1 is 0.590 bits per heavy atom. The Labute approximate surface area is 227 Å². The van der Waals surface area contributed by atoms with E-state index < -0.39 is 0 Å². The lowest BCUT2D eigenvalue weighted by atomic mass is 9.93. The average Bonchev–Trinajstić information content (AvgIpc) is 3.40. The Bertz CT molecular complexity index is 1810. The number of hydrogen-bond acceptors (Lipinski definition) is 4. The first-order valence-corrected chi connectivity index (χ1v) is 13.8. The van der Waals surface area contributed by atoms with E-state index in [-0.39, 0.29) is 18.5 Å². The Balaban J connectivity index is 1.29. The van der Waals surface area contributed by atoms with E-state index in [2.05, 4.69) is 131 Å². The van der Waals surface area contributed by atoms with Crippen molar-refractivity contribution in [1.82, 2.24) is 16.0 Å². The van der Waals surface area contributed by atoms with Gasteiger partial charge in [-0.3, -0.25) is 16.0 Å². The Hall–Kier alpha value is -4.22. The molecule has 0 saturated carbocycles. The second-order valence-electron chi connectivity index (χ2n) is 10.6. The van der Waals surface area contributed by atoms with Gasteiger partial charge in [-0.1, -0.05) is 103 Å². The SMILES string of the molecule is C1=Cc2c(oc3ccc4ccc5ccc(C6NC(c7ccccc7)NC(c7ccccc7)N6)cc5c4c23)CC1. The van der Waals surface area contributed by atoms with Gasteiger partial charge in [0.2, 0.25) is 0 Å². The van der Waals surface area contributed by atoms with Crippen molar-refractivity contribution in [3.05, 3.63) is 137 Å². The average molecular weight is 508 g/mol. The number of aryl methyl sites for hydroxylation is 1. The van der Waals surface area contributed by atoms with Crippen molar-refractivity contribution in [1.29, 1.82) is 0 Å². The lowest BCUT2D eigenvalue weighted by molar-refractivity contribution is 0.203. The summed E-state index contributed by atoms with van der Waals surface area (Å²) in [6.45, 7) is 0. The van der Waals surface area contributed by atoms with Gasteiger partial charge in [0.15, 0.2) is 0 Å². The van der Waals surface area contributed by atoms with E-state index in [0.717, 1.165) is 24.2 Å². The predicted octanol–water partition coefficient (Wildman–Crippen LogP) is 7.88. The molecule has 6 aromatic rings. The third kappa shape index (κ3) is 3.88. The van der Waals surface area contributed by atoms with Crippen molar-refractivity contribution >= 4 is 38.6 Å². The maximum atomic E-state index is 6.34. The minimum absolute atomic E-state index is 0.00334. The molecule has 2 heterocycles. The van der Waals surface area contributed by atoms with Crippen LogP contribution in [0.15, 0.2) is 114 Å². The molecule has 1 fully saturated rings. The van der Waals surface area contributed by atoms with Gasteiger partial charge in [-0.2, -0.15) is 0 Å². The van der Waals surface area contributed by atoms with Gasteiger partial charge in [0, 0.05) is 22.8 Å². The van der Waals surface area contributed by atoms with E-state index >= 15 is 0 Å². The molecule has 190 valence electrons. The fourth-order valence-corrected chi connectivity index (χ4v) is 6.29. The molecule has 0 bridgehead atoms. The van der Waals surface area contributed by atoms with Crippen molar-refractivity contribution in [2.24, 2.45) is 0 Å². The van der Waals surface area contributed by atoms with E-state index in [4.69, 9.17) is 4.42 Å². The molecule has 5 aromatic carbocycles. The van der Waals surface area contributed by atoms with Gasteiger partial charge in [0.05, 0.1) is 18.5 Å². The van der Waals surface area contributed by atoms with Crippen LogP contribution >= 0.6 is 0 Å². The van der Waals surface area contributed by atoms with E-state index in [1.165, 1.54) is 49.2 Å². The summed E-state index contributed by atoms with van der Waals surface area (Å²) in [6.07, 6.45) is 6.47. The number of allylic oxidation sites excluding steroid dienone is 1. The first kappa shape index (κ1) is 22.7. The van der Waals surface area contributed by atoms with Crippen molar-refractivity contribution in [3.8, 4) is 0 Å². The number of rotatable bonds is 3. The minimum atomic E-state index is -0.0429. The van der Waals surface area contributed by atoms with Crippen LogP contribution in [0.25, 0.3) is 38.6 Å². The highest BCUT2D eigenvalue weighted by Crippen LogP contribution is 2.40. The number of fused-ring (bicyclic) bond motifs is 7. The van der Waals surface area contributed by atoms with Crippen LogP contribution in [0.4, 0.5) is 0 Å². The third-order valence-electron chi connectivity index (χ3n) is 8.21. The highest BCUT2D eigenvalue weighted by molar-refractivity contribution is 6.21. The zero-order chi connectivity index (χ0) is 25.8. The molecule has 3 N–H and O–H groups in total. The first-order chi connectivity index (χ1) is 19.3. The fraction of sp³-hybridized carbons (Fsp3) is 0.143. The third-order valence-corrected chi connectivity index (χ3v) is 8.21. The van der Waals surface area contributed by atoms with Crippen LogP contribution in [-0.2, 0) is 6.42 Å². The van der Waals surface area contributed by atoms with Gasteiger partial charge in [-0.05, 0) is 51.4 Å². The Morgan fingerprint density at radius 2 is 1.21 bits per heavy atom. The summed E-state index contributed by atoms with van der Waals surface area (Å²) in [4.78, 5) is 0. The molecule has 2 atom stereocenters. The van der Waals surface area contributed by atoms with Crippen molar-refractivity contribution in [2.75, 3.05) is 0 Å². The zero-order valence-corrected chi connectivity index (χ0v) is 21.5. The second kappa shape index (κ2) is 9.21. The number of hydrogen-bond donors (Lipinski definition) is 3. The Kier molecular flexibility index (Phi) is 5.37. The van der Waals surface area contributed by atoms with Crippen LogP contribution in [-0.4, -0.2) is 0 Å². The fourth-order valence-electron chi connectivity index (χ4n) is 6.29. The molecule has 1 aliphatic heterocycles. The largest absolute Gasteiger partial charge is 0.460 e. The molecule has 1 saturated heterocycles. The quantitative estimate of drug-likeness (QED) is 0.213. The van der Waals surface area contributed by atoms with Crippen molar-refractivity contribution < 1.29 is 4.42 Å². The molecule has 39 heavy (non-hydrogen) atoms. The molecule has 0 spiro atoms. The number of nitrogens with one attached hydrogen (secondary N) is 3. The van der Waals surface area contributed by atoms with Gasteiger partial charge in [-0.25, -0.2) is 0 Å². The van der Waals surface area contributed by atoms with Crippen LogP contribution in [0, 0.1) is 0 Å². The lowest BCUT2D eigenvalue weighted by Crippen LogP contribution is -2.54. The summed E-state index contributed by atoms with van der Waals surface area (Å²) in [7, 11) is 0. The van der Waals surface area contributed by atoms with Crippen LogP contribution in [0.3, 0.4) is 0 Å². The number of furan rings is 1. The van der Waals surface area contributed by atoms with Gasteiger partial charge in [0.25, 0.3) is 0 Å². The van der Waals surface area contributed by atoms with E-state index in [1.807, 2.05) is 0 Å². The minimum Gasteiger partial charge on any atom is -0.460 e. The van der Waals surface area contributed by atoms with Crippen LogP contribution < -0.4 is 16.0 Å². The molecule has 0 amide bonds. The summed E-state index contributed by atoms with van der Waals surface area (Å²) < 4.78 is 6.34. The normalized spacial score (nSPS) is 21.0. The molecular weight excluding hydrogens is 478 g/mol. The van der Waals surface area contributed by atoms with Crippen molar-refractivity contribution in [2.45, 2.75) is 31.3 Å². The standard InChI is InChI=1S/C35H29N3O/c1-3-9-24(10-4-1)33-36-34(25-11-5-2-6-12-25)38-35(37-33)26-18-16-22-15-17-23-19-20-30-32(31(23)28(22)21-26)27-13-7-8-14-29(27)39-30/h1-7,9-13,15-21,33-38H,8,14H2. The predicted molar refractivity (Wildman–Crippen MR) is 159 cm³/mol. The molecule has 4 nitrogen and oxygen atoms in total. The molecule has 2 aliphatic rings. The van der Waals surface area contributed by atoms with Gasteiger partial charge in [-0.15, -0.1) is 0 Å². The number of benzene rings is 5. The van der Waals surface area contributed by atoms with Crippen molar-refractivity contribution in [3.63, 3.8) is 0 Å². The van der Waals surface area contributed by atoms with E-state index in [0.29, 0.717) is 0 Å². The summed E-state index contributed by atoms with van der Waals surface area (Å²) in [5.74, 6) is 1.10. The van der Waals surface area contributed by atoms with Gasteiger partial charge in [0.1, 0.15) is 11.3 Å². The Morgan fingerprint density at radius 3 is 1.92 bits per heavy atom. The van der Waals surface area contributed by atoms with Crippen LogP contribution in [0.5, 0.6) is 0 Å². The highest BCUT2D eigenvalue weighted by Gasteiger charge is 2.29. The molecule has 0 radical (unpaired) electrons. The summed E-state index contributed by atoms with van der Waals surface area (Å²) in [5.41, 5.74) is 5.86. The molecular formula is C35H29N3O. The molecule has 1 aromatic heterocycles. The highest BCUT2D eigenvalue weighted by atomic mass is 16.3. The summed E-state index contributed by atoms with van der Waals surface area (Å²) in [5, 5.41) is 17.7. The zero-order valence-electron chi connectivity index (χ0n) is 21.5. The molecule has 8 rings (SSSR count). The molecule has 4 heteroatoms. The smallest absolute Gasteiger partial charge is 0.135 e. The molecule has 1 aliphatic carbocycles. The van der Waals surface area contributed by atoms with Crippen LogP contribution in [0.1, 0.15) is 52.9 Å². The topological polar surface area (TPSA) is 49.2 Å². The van der Waals surface area contributed by atoms with E-state index in [1.54, 1.807) is 0 Å². The molecule has 2 unspecified atom stereocenters. The summed E-state index contributed by atoms with van der Waals surface area (Å²) in [6, 6.07) is 36.9. The second-order valence-corrected chi connectivity index (χ2v) is 10.6. The van der Waals surface area contributed by atoms with Crippen LogP contribution in [0.2, 0.25) is 0 Å². The van der Waals surface area contributed by atoms with E-state index in [9.17, 15) is 0 Å². The maximum Gasteiger partial charge on any atom is 0.135 e. The summed E-state index contributed by atoms with van der Waals surface area (Å²) >= 11 is 0. The lowest BCUT2D eigenvalue weighted by Gasteiger charge is -2.39. The van der Waals surface area contributed by atoms with Gasteiger partial charge < -0.3 is 4.42 Å². The maximum absolute atomic E-state index is 6.34.